The lowest BCUT2D eigenvalue weighted by molar-refractivity contribution is -0.137. The zero-order chi connectivity index (χ0) is 16.2. The molecule has 1 aromatic heterocycles. The van der Waals surface area contributed by atoms with Crippen LogP contribution in [0.3, 0.4) is 0 Å². The van der Waals surface area contributed by atoms with Gasteiger partial charge in [0.15, 0.2) is 0 Å². The molecule has 7 heteroatoms. The number of carbonyl (C=O) groups is 1. The van der Waals surface area contributed by atoms with Gasteiger partial charge in [0.2, 0.25) is 5.90 Å². The number of benzene rings is 1. The number of pyridine rings is 1. The summed E-state index contributed by atoms with van der Waals surface area (Å²) in [6.07, 6.45) is -1.73. The van der Waals surface area contributed by atoms with Gasteiger partial charge in [0.25, 0.3) is 5.91 Å². The van der Waals surface area contributed by atoms with Crippen molar-refractivity contribution in [2.24, 2.45) is 4.99 Å². The second-order valence-electron chi connectivity index (χ2n) is 4.21. The minimum atomic E-state index is -4.64. The van der Waals surface area contributed by atoms with Crippen molar-refractivity contribution >= 4 is 11.8 Å². The van der Waals surface area contributed by atoms with E-state index in [4.69, 9.17) is 4.74 Å². The van der Waals surface area contributed by atoms with Crippen LogP contribution in [0.15, 0.2) is 53.8 Å². The van der Waals surface area contributed by atoms with Gasteiger partial charge in [0.05, 0.1) is 23.8 Å². The third-order valence-electron chi connectivity index (χ3n) is 2.77. The highest BCUT2D eigenvalue weighted by Gasteiger charge is 2.34. The molecule has 0 saturated carbocycles. The Morgan fingerprint density at radius 3 is 2.50 bits per heavy atom. The Morgan fingerprint density at radius 2 is 1.91 bits per heavy atom. The molecule has 1 heterocycles. The molecule has 114 valence electrons. The van der Waals surface area contributed by atoms with Crippen molar-refractivity contribution in [2.75, 3.05) is 7.11 Å². The van der Waals surface area contributed by atoms with Crippen LogP contribution in [0, 0.1) is 0 Å². The Bertz CT molecular complexity index is 697. The summed E-state index contributed by atoms with van der Waals surface area (Å²) in [5.74, 6) is -1.14. The topological polar surface area (TPSA) is 51.5 Å². The van der Waals surface area contributed by atoms with E-state index in [1.165, 1.54) is 31.6 Å². The summed E-state index contributed by atoms with van der Waals surface area (Å²) in [7, 11) is 1.27. The molecule has 2 rings (SSSR count). The number of hydrogen-bond donors (Lipinski definition) is 0. The Balaban J connectivity index is 2.43. The van der Waals surface area contributed by atoms with E-state index in [9.17, 15) is 18.0 Å². The SMILES string of the molecule is COC(=NC(=O)c1ccccc1C(F)(F)F)c1cccnc1. The van der Waals surface area contributed by atoms with Gasteiger partial charge in [-0.25, -0.2) is 0 Å². The number of ether oxygens (including phenoxy) is 1. The first kappa shape index (κ1) is 15.7. The van der Waals surface area contributed by atoms with Crippen LogP contribution >= 0.6 is 0 Å². The highest BCUT2D eigenvalue weighted by Crippen LogP contribution is 2.32. The van der Waals surface area contributed by atoms with Gasteiger partial charge in [-0.3, -0.25) is 9.78 Å². The van der Waals surface area contributed by atoms with E-state index in [-0.39, 0.29) is 5.90 Å². The van der Waals surface area contributed by atoms with Gasteiger partial charge in [-0.15, -0.1) is 0 Å². The number of alkyl halides is 3. The van der Waals surface area contributed by atoms with Gasteiger partial charge in [-0.05, 0) is 24.3 Å². The van der Waals surface area contributed by atoms with E-state index in [0.29, 0.717) is 5.56 Å². The number of nitrogens with zero attached hydrogens (tertiary/aromatic N) is 2. The molecule has 0 spiro atoms. The molecule has 0 saturated heterocycles. The molecule has 1 aromatic carbocycles. The Kier molecular flexibility index (Phi) is 4.55. The van der Waals surface area contributed by atoms with Crippen LogP contribution in [0.2, 0.25) is 0 Å². The maximum Gasteiger partial charge on any atom is 0.417 e. The second-order valence-corrected chi connectivity index (χ2v) is 4.21. The van der Waals surface area contributed by atoms with Crippen LogP contribution in [0.25, 0.3) is 0 Å². The molecular weight excluding hydrogens is 297 g/mol. The number of amides is 1. The van der Waals surface area contributed by atoms with E-state index < -0.39 is 23.2 Å². The highest BCUT2D eigenvalue weighted by atomic mass is 19.4. The van der Waals surface area contributed by atoms with Crippen LogP contribution in [0.1, 0.15) is 21.5 Å². The lowest BCUT2D eigenvalue weighted by Crippen LogP contribution is -2.14. The number of halogens is 3. The summed E-state index contributed by atoms with van der Waals surface area (Å²) in [5.41, 5.74) is -1.18. The average molecular weight is 308 g/mol. The van der Waals surface area contributed by atoms with Crippen molar-refractivity contribution in [1.82, 2.24) is 4.98 Å². The molecule has 1 amide bonds. The molecule has 0 atom stereocenters. The molecule has 0 aliphatic carbocycles. The van der Waals surface area contributed by atoms with Crippen molar-refractivity contribution in [3.05, 3.63) is 65.5 Å². The van der Waals surface area contributed by atoms with Gasteiger partial charge in [0, 0.05) is 12.4 Å². The molecule has 0 bridgehead atoms. The average Bonchev–Trinajstić information content (AvgIpc) is 2.52. The van der Waals surface area contributed by atoms with Crippen LogP contribution < -0.4 is 0 Å². The summed E-state index contributed by atoms with van der Waals surface area (Å²) in [6.45, 7) is 0. The maximum absolute atomic E-state index is 12.9. The lowest BCUT2D eigenvalue weighted by Gasteiger charge is -2.10. The van der Waals surface area contributed by atoms with Gasteiger partial charge in [-0.2, -0.15) is 18.2 Å². The Labute approximate surface area is 124 Å². The highest BCUT2D eigenvalue weighted by molar-refractivity contribution is 6.07. The molecule has 0 N–H and O–H groups in total. The number of rotatable bonds is 2. The molecular formula is C15H11F3N2O2. The summed E-state index contributed by atoms with van der Waals surface area (Å²) in [6, 6.07) is 7.64. The molecule has 4 nitrogen and oxygen atoms in total. The zero-order valence-electron chi connectivity index (χ0n) is 11.5. The normalized spacial score (nSPS) is 12.1. The van der Waals surface area contributed by atoms with Crippen LogP contribution in [-0.2, 0) is 10.9 Å². The number of methoxy groups -OCH3 is 1. The minimum absolute atomic E-state index is 0.102. The molecule has 0 unspecified atom stereocenters. The number of aliphatic imine (C=N–C) groups is 1. The Hall–Kier alpha value is -2.70. The largest absolute Gasteiger partial charge is 0.480 e. The van der Waals surface area contributed by atoms with Crippen molar-refractivity contribution in [1.29, 1.82) is 0 Å². The van der Waals surface area contributed by atoms with Crippen molar-refractivity contribution in [3.63, 3.8) is 0 Å². The third kappa shape index (κ3) is 3.49. The Morgan fingerprint density at radius 1 is 1.18 bits per heavy atom. The zero-order valence-corrected chi connectivity index (χ0v) is 11.5. The first-order valence-electron chi connectivity index (χ1n) is 6.17. The first-order chi connectivity index (χ1) is 10.4. The molecule has 0 fully saturated rings. The third-order valence-corrected chi connectivity index (χ3v) is 2.77. The quantitative estimate of drug-likeness (QED) is 0.631. The minimum Gasteiger partial charge on any atom is -0.480 e. The smallest absolute Gasteiger partial charge is 0.417 e. The molecule has 2 aromatic rings. The number of hydrogen-bond acceptors (Lipinski definition) is 3. The van der Waals surface area contributed by atoms with E-state index in [1.807, 2.05) is 0 Å². The van der Waals surface area contributed by atoms with Crippen molar-refractivity contribution in [3.8, 4) is 0 Å². The summed E-state index contributed by atoms with van der Waals surface area (Å²) >= 11 is 0. The molecule has 22 heavy (non-hydrogen) atoms. The van der Waals surface area contributed by atoms with Crippen LogP contribution in [0.4, 0.5) is 13.2 Å². The lowest BCUT2D eigenvalue weighted by atomic mass is 10.1. The first-order valence-corrected chi connectivity index (χ1v) is 6.17. The maximum atomic E-state index is 12.9. The van der Waals surface area contributed by atoms with E-state index in [1.54, 1.807) is 12.1 Å². The fraction of sp³-hybridized carbons (Fsp3) is 0.133. The second kappa shape index (κ2) is 6.38. The predicted octanol–water partition coefficient (Wildman–Crippen LogP) is 3.33. The number of aromatic nitrogens is 1. The fourth-order valence-corrected chi connectivity index (χ4v) is 1.79. The molecule has 0 aliphatic heterocycles. The molecule has 0 radical (unpaired) electrons. The van der Waals surface area contributed by atoms with Crippen molar-refractivity contribution < 1.29 is 22.7 Å². The van der Waals surface area contributed by atoms with Gasteiger partial charge >= 0.3 is 6.18 Å². The van der Waals surface area contributed by atoms with Gasteiger partial charge < -0.3 is 4.74 Å². The number of carbonyl (C=O) groups excluding carboxylic acids is 1. The molecule has 0 aliphatic rings. The van der Waals surface area contributed by atoms with Gasteiger partial charge in [-0.1, -0.05) is 12.1 Å². The predicted molar refractivity (Wildman–Crippen MR) is 73.6 cm³/mol. The van der Waals surface area contributed by atoms with E-state index >= 15 is 0 Å². The van der Waals surface area contributed by atoms with Gasteiger partial charge in [0.1, 0.15) is 0 Å². The van der Waals surface area contributed by atoms with E-state index in [0.717, 1.165) is 12.1 Å². The van der Waals surface area contributed by atoms with Crippen LogP contribution in [-0.4, -0.2) is 23.9 Å². The summed E-state index contributed by atoms with van der Waals surface area (Å²) in [5, 5.41) is 0. The summed E-state index contributed by atoms with van der Waals surface area (Å²) < 4.78 is 43.7. The standard InChI is InChI=1S/C15H11F3N2O2/c1-22-14(10-5-4-8-19-9-10)20-13(21)11-6-2-3-7-12(11)15(16,17)18/h2-9H,1H3. The van der Waals surface area contributed by atoms with Crippen LogP contribution in [0.5, 0.6) is 0 Å². The summed E-state index contributed by atoms with van der Waals surface area (Å²) in [4.78, 5) is 19.5. The fourth-order valence-electron chi connectivity index (χ4n) is 1.79. The van der Waals surface area contributed by atoms with Crippen molar-refractivity contribution in [2.45, 2.75) is 6.18 Å². The monoisotopic (exact) mass is 308 g/mol. The van der Waals surface area contributed by atoms with E-state index in [2.05, 4.69) is 9.98 Å².